The van der Waals surface area contributed by atoms with E-state index in [-0.39, 0.29) is 30.0 Å². The number of halogens is 1. The summed E-state index contributed by atoms with van der Waals surface area (Å²) in [6, 6.07) is 5.50. The summed E-state index contributed by atoms with van der Waals surface area (Å²) in [6.45, 7) is 7.06. The highest BCUT2D eigenvalue weighted by molar-refractivity contribution is 6.35. The first-order valence-electron chi connectivity index (χ1n) is 10.8. The second kappa shape index (κ2) is 9.95. The molecular weight excluding hydrogens is 415 g/mol. The van der Waals surface area contributed by atoms with Crippen molar-refractivity contribution in [3.8, 4) is 5.69 Å². The molecule has 0 saturated carbocycles. The summed E-state index contributed by atoms with van der Waals surface area (Å²) in [5.74, 6) is -1.35. The molecule has 9 heteroatoms. The van der Waals surface area contributed by atoms with Crippen molar-refractivity contribution in [3.05, 3.63) is 57.4 Å². The fourth-order valence-electron chi connectivity index (χ4n) is 3.95. The standard InChI is InChI=1S/C23H29FN4O4/c1-5-8-17-18(22(30)28(25-17)16-11-9-15(24)10-12-16)19-20(26(6-2)7-3)23(31)27(21(19)29)13-14-32-4/h9-12,25H,5-8,13-14H2,1-4H3. The van der Waals surface area contributed by atoms with Gasteiger partial charge in [0.25, 0.3) is 17.4 Å². The molecule has 1 aliphatic rings. The Morgan fingerprint density at radius 3 is 2.25 bits per heavy atom. The van der Waals surface area contributed by atoms with Crippen LogP contribution in [0.5, 0.6) is 0 Å². The van der Waals surface area contributed by atoms with Gasteiger partial charge in [0.15, 0.2) is 0 Å². The summed E-state index contributed by atoms with van der Waals surface area (Å²) in [5, 5.41) is 3.07. The molecule has 1 aliphatic heterocycles. The minimum Gasteiger partial charge on any atom is -0.383 e. The minimum atomic E-state index is -0.506. The zero-order valence-corrected chi connectivity index (χ0v) is 18.9. The van der Waals surface area contributed by atoms with E-state index in [9.17, 15) is 18.8 Å². The number of carbonyl (C=O) groups excluding carboxylic acids is 2. The quantitative estimate of drug-likeness (QED) is 0.569. The van der Waals surface area contributed by atoms with Gasteiger partial charge in [-0.1, -0.05) is 13.3 Å². The van der Waals surface area contributed by atoms with Crippen molar-refractivity contribution in [1.29, 1.82) is 0 Å². The monoisotopic (exact) mass is 444 g/mol. The highest BCUT2D eigenvalue weighted by atomic mass is 19.1. The second-order valence-electron chi connectivity index (χ2n) is 7.48. The van der Waals surface area contributed by atoms with E-state index < -0.39 is 23.2 Å². The Morgan fingerprint density at radius 2 is 1.69 bits per heavy atom. The Kier molecular flexibility index (Phi) is 7.29. The van der Waals surface area contributed by atoms with Crippen LogP contribution in [0.3, 0.4) is 0 Å². The van der Waals surface area contributed by atoms with E-state index in [1.54, 1.807) is 4.90 Å². The van der Waals surface area contributed by atoms with E-state index in [0.29, 0.717) is 30.9 Å². The third kappa shape index (κ3) is 4.12. The average Bonchev–Trinajstić information content (AvgIpc) is 3.22. The van der Waals surface area contributed by atoms with Gasteiger partial charge >= 0.3 is 0 Å². The van der Waals surface area contributed by atoms with E-state index >= 15 is 0 Å². The SMILES string of the molecule is CCCc1[nH]n(-c2ccc(F)cc2)c(=O)c1C1=C(N(CC)CC)C(=O)N(CCOC)C1=O. The summed E-state index contributed by atoms with van der Waals surface area (Å²) in [7, 11) is 1.50. The fraction of sp³-hybridized carbons (Fsp3) is 0.435. The first-order valence-corrected chi connectivity index (χ1v) is 10.8. The number of methoxy groups -OCH3 is 1. The molecule has 3 rings (SSSR count). The highest BCUT2D eigenvalue weighted by Gasteiger charge is 2.43. The smallest absolute Gasteiger partial charge is 0.279 e. The topological polar surface area (TPSA) is 87.6 Å². The molecule has 0 saturated heterocycles. The molecule has 0 spiro atoms. The Hall–Kier alpha value is -3.20. The lowest BCUT2D eigenvalue weighted by Crippen LogP contribution is -2.37. The van der Waals surface area contributed by atoms with Crippen molar-refractivity contribution in [2.45, 2.75) is 33.6 Å². The summed E-state index contributed by atoms with van der Waals surface area (Å²) in [6.07, 6.45) is 1.23. The molecule has 0 radical (unpaired) electrons. The Morgan fingerprint density at radius 1 is 1.03 bits per heavy atom. The number of nitrogens with one attached hydrogen (secondary N) is 1. The first-order chi connectivity index (χ1) is 15.4. The summed E-state index contributed by atoms with van der Waals surface area (Å²) < 4.78 is 19.8. The van der Waals surface area contributed by atoms with Crippen LogP contribution in [0.1, 0.15) is 38.4 Å². The predicted octanol–water partition coefficient (Wildman–Crippen LogP) is 2.33. The van der Waals surface area contributed by atoms with Crippen LogP contribution in [-0.4, -0.2) is 64.7 Å². The molecule has 2 amide bonds. The Labute approximate surface area is 186 Å². The van der Waals surface area contributed by atoms with Crippen LogP contribution in [0, 0.1) is 5.82 Å². The lowest BCUT2D eigenvalue weighted by molar-refractivity contribution is -0.138. The molecule has 0 aliphatic carbocycles. The number of hydrogen-bond acceptors (Lipinski definition) is 5. The molecule has 2 heterocycles. The van der Waals surface area contributed by atoms with Crippen LogP contribution >= 0.6 is 0 Å². The number of carbonyl (C=O) groups is 2. The third-order valence-corrected chi connectivity index (χ3v) is 5.54. The molecule has 1 aromatic carbocycles. The Balaban J connectivity index is 2.25. The van der Waals surface area contributed by atoms with Crippen molar-refractivity contribution in [3.63, 3.8) is 0 Å². The maximum atomic E-state index is 13.5. The number of benzene rings is 1. The lowest BCUT2D eigenvalue weighted by atomic mass is 10.0. The molecule has 0 bridgehead atoms. The number of H-pyrrole nitrogens is 1. The number of aryl methyl sites for hydroxylation is 1. The lowest BCUT2D eigenvalue weighted by Gasteiger charge is -2.22. The molecule has 172 valence electrons. The number of aromatic nitrogens is 2. The van der Waals surface area contributed by atoms with Crippen LogP contribution in [-0.2, 0) is 20.7 Å². The number of hydrogen-bond donors (Lipinski definition) is 1. The molecule has 0 atom stereocenters. The van der Waals surface area contributed by atoms with Gasteiger partial charge in [-0.2, -0.15) is 0 Å². The molecule has 0 unspecified atom stereocenters. The molecule has 8 nitrogen and oxygen atoms in total. The van der Waals surface area contributed by atoms with Crippen LogP contribution in [0.4, 0.5) is 4.39 Å². The summed E-state index contributed by atoms with van der Waals surface area (Å²) in [5.41, 5.74) is 1.09. The van der Waals surface area contributed by atoms with E-state index in [1.807, 2.05) is 20.8 Å². The van der Waals surface area contributed by atoms with Crippen molar-refractivity contribution >= 4 is 17.4 Å². The molecule has 1 aromatic heterocycles. The maximum Gasteiger partial charge on any atom is 0.279 e. The number of aromatic amines is 1. The molecular formula is C23H29FN4O4. The van der Waals surface area contributed by atoms with E-state index in [1.165, 1.54) is 36.1 Å². The Bertz CT molecular complexity index is 1080. The normalized spacial score (nSPS) is 14.1. The van der Waals surface area contributed by atoms with Gasteiger partial charge in [-0.05, 0) is 44.5 Å². The second-order valence-corrected chi connectivity index (χ2v) is 7.48. The molecule has 1 N–H and O–H groups in total. The number of imide groups is 1. The van der Waals surface area contributed by atoms with Crippen LogP contribution in [0.15, 0.2) is 34.8 Å². The van der Waals surface area contributed by atoms with Crippen molar-refractivity contribution in [2.75, 3.05) is 33.4 Å². The molecule has 2 aromatic rings. The molecule has 0 fully saturated rings. The van der Waals surface area contributed by atoms with Gasteiger partial charge < -0.3 is 9.64 Å². The van der Waals surface area contributed by atoms with Gasteiger partial charge in [0.05, 0.1) is 30.0 Å². The van der Waals surface area contributed by atoms with Gasteiger partial charge in [0.1, 0.15) is 11.5 Å². The zero-order valence-electron chi connectivity index (χ0n) is 18.9. The number of ether oxygens (including phenoxy) is 1. The first kappa shape index (κ1) is 23.5. The minimum absolute atomic E-state index is 0.0993. The number of nitrogens with zero attached hydrogens (tertiary/aromatic N) is 3. The largest absolute Gasteiger partial charge is 0.383 e. The van der Waals surface area contributed by atoms with Crippen LogP contribution in [0.2, 0.25) is 0 Å². The van der Waals surface area contributed by atoms with Crippen molar-refractivity contribution in [2.24, 2.45) is 0 Å². The van der Waals surface area contributed by atoms with Gasteiger partial charge in [-0.3, -0.25) is 24.4 Å². The maximum absolute atomic E-state index is 13.5. The molecule has 32 heavy (non-hydrogen) atoms. The van der Waals surface area contributed by atoms with E-state index in [4.69, 9.17) is 4.74 Å². The van der Waals surface area contributed by atoms with Crippen molar-refractivity contribution < 1.29 is 18.7 Å². The van der Waals surface area contributed by atoms with Crippen molar-refractivity contribution in [1.82, 2.24) is 19.6 Å². The predicted molar refractivity (Wildman–Crippen MR) is 119 cm³/mol. The van der Waals surface area contributed by atoms with E-state index in [0.717, 1.165) is 11.3 Å². The van der Waals surface area contributed by atoms with Gasteiger partial charge in [-0.25, -0.2) is 9.07 Å². The number of likely N-dealkylation sites (N-methyl/N-ethyl adjacent to an activating group) is 1. The van der Waals surface area contributed by atoms with Crippen LogP contribution in [0.25, 0.3) is 11.3 Å². The fourth-order valence-corrected chi connectivity index (χ4v) is 3.95. The average molecular weight is 445 g/mol. The third-order valence-electron chi connectivity index (χ3n) is 5.54. The number of rotatable bonds is 10. The summed E-state index contributed by atoms with van der Waals surface area (Å²) in [4.78, 5) is 43.1. The van der Waals surface area contributed by atoms with Gasteiger partial charge in [-0.15, -0.1) is 0 Å². The van der Waals surface area contributed by atoms with Crippen LogP contribution < -0.4 is 5.56 Å². The van der Waals surface area contributed by atoms with Gasteiger partial charge in [0, 0.05) is 25.9 Å². The highest BCUT2D eigenvalue weighted by Crippen LogP contribution is 2.32. The van der Waals surface area contributed by atoms with Gasteiger partial charge in [0.2, 0.25) is 0 Å². The summed E-state index contributed by atoms with van der Waals surface area (Å²) >= 11 is 0. The zero-order chi connectivity index (χ0) is 23.4. The van der Waals surface area contributed by atoms with E-state index in [2.05, 4.69) is 5.10 Å². The number of amides is 2.